The van der Waals surface area contributed by atoms with Crippen molar-refractivity contribution in [3.05, 3.63) is 30.3 Å². The Morgan fingerprint density at radius 3 is 2.62 bits per heavy atom. The normalized spacial score (nSPS) is 16.4. The molecule has 1 aromatic rings. The Kier molecular flexibility index (Phi) is 8.87. The van der Waals surface area contributed by atoms with Gasteiger partial charge in [-0.05, 0) is 25.5 Å². The summed E-state index contributed by atoms with van der Waals surface area (Å²) < 4.78 is 29.9. The van der Waals surface area contributed by atoms with Crippen molar-refractivity contribution in [2.45, 2.75) is 18.2 Å². The summed E-state index contributed by atoms with van der Waals surface area (Å²) in [7, 11) is -3.27. The molecule has 2 N–H and O–H groups in total. The molecule has 146 valence electrons. The van der Waals surface area contributed by atoms with Crippen LogP contribution in [0.3, 0.4) is 0 Å². The summed E-state index contributed by atoms with van der Waals surface area (Å²) in [5, 5.41) is 6.27. The molecule has 1 aliphatic rings. The van der Waals surface area contributed by atoms with Gasteiger partial charge in [-0.25, -0.2) is 8.42 Å². The minimum atomic E-state index is -3.27. The number of nitrogens with zero attached hydrogens (tertiary/aromatic N) is 2. The lowest BCUT2D eigenvalue weighted by Crippen LogP contribution is -2.40. The predicted octanol–water partition coefficient (Wildman–Crippen LogP) is 0.738. The molecule has 0 aromatic heterocycles. The van der Waals surface area contributed by atoms with Gasteiger partial charge in [0.15, 0.2) is 15.8 Å². The smallest absolute Gasteiger partial charge is 0.191 e. The molecule has 0 amide bonds. The van der Waals surface area contributed by atoms with Crippen molar-refractivity contribution >= 4 is 15.8 Å². The highest BCUT2D eigenvalue weighted by Crippen LogP contribution is 2.09. The highest BCUT2D eigenvalue weighted by Gasteiger charge is 2.13. The van der Waals surface area contributed by atoms with Crippen molar-refractivity contribution in [1.82, 2.24) is 15.5 Å². The Morgan fingerprint density at radius 2 is 1.92 bits per heavy atom. The number of benzene rings is 1. The lowest BCUT2D eigenvalue weighted by atomic mass is 10.3. The fourth-order valence-electron chi connectivity index (χ4n) is 2.70. The second-order valence-corrected chi connectivity index (χ2v) is 8.24. The third-order valence-electron chi connectivity index (χ3n) is 4.12. The zero-order chi connectivity index (χ0) is 18.7. The summed E-state index contributed by atoms with van der Waals surface area (Å²) in [6, 6.07) is 8.53. The van der Waals surface area contributed by atoms with Crippen molar-refractivity contribution in [1.29, 1.82) is 0 Å². The first kappa shape index (κ1) is 20.7. The standard InChI is InChI=1S/C18H30N4O3S/c1-2-19-18(20-9-6-11-22-12-14-25-15-13-22)21-10-16-26(23,24)17-7-4-3-5-8-17/h3-5,7-8H,2,6,9-16H2,1H3,(H2,19,20,21). The van der Waals surface area contributed by atoms with Crippen molar-refractivity contribution < 1.29 is 13.2 Å². The van der Waals surface area contributed by atoms with Crippen molar-refractivity contribution in [3.8, 4) is 0 Å². The predicted molar refractivity (Wildman–Crippen MR) is 104 cm³/mol. The quantitative estimate of drug-likeness (QED) is 0.372. The van der Waals surface area contributed by atoms with Gasteiger partial charge in [0.05, 0.1) is 23.9 Å². The second-order valence-electron chi connectivity index (χ2n) is 6.13. The number of sulfone groups is 1. The van der Waals surface area contributed by atoms with E-state index in [1.165, 1.54) is 0 Å². The van der Waals surface area contributed by atoms with E-state index in [2.05, 4.69) is 20.5 Å². The summed E-state index contributed by atoms with van der Waals surface area (Å²) >= 11 is 0. The number of rotatable bonds is 9. The van der Waals surface area contributed by atoms with E-state index < -0.39 is 9.84 Å². The molecule has 8 heteroatoms. The Labute approximate surface area is 156 Å². The first-order valence-electron chi connectivity index (χ1n) is 9.22. The fourth-order valence-corrected chi connectivity index (χ4v) is 3.88. The Morgan fingerprint density at radius 1 is 1.19 bits per heavy atom. The highest BCUT2D eigenvalue weighted by molar-refractivity contribution is 7.91. The van der Waals surface area contributed by atoms with E-state index in [0.717, 1.165) is 45.8 Å². The monoisotopic (exact) mass is 382 g/mol. The summed E-state index contributed by atoms with van der Waals surface area (Å²) in [5.41, 5.74) is 0. The van der Waals surface area contributed by atoms with Crippen molar-refractivity contribution in [2.75, 3.05) is 58.2 Å². The first-order valence-corrected chi connectivity index (χ1v) is 10.9. The third kappa shape index (κ3) is 7.31. The van der Waals surface area contributed by atoms with Crippen LogP contribution in [0.1, 0.15) is 13.3 Å². The van der Waals surface area contributed by atoms with E-state index >= 15 is 0 Å². The Hall–Kier alpha value is -1.64. The van der Waals surface area contributed by atoms with Gasteiger partial charge in [-0.1, -0.05) is 18.2 Å². The van der Waals surface area contributed by atoms with Crippen LogP contribution in [0, 0.1) is 0 Å². The van der Waals surface area contributed by atoms with Crippen LogP contribution in [0.4, 0.5) is 0 Å². The maximum Gasteiger partial charge on any atom is 0.191 e. The Balaban J connectivity index is 1.74. The van der Waals surface area contributed by atoms with Crippen LogP contribution in [0.15, 0.2) is 40.2 Å². The summed E-state index contributed by atoms with van der Waals surface area (Å²) in [4.78, 5) is 7.27. The molecule has 1 aromatic carbocycles. The van der Waals surface area contributed by atoms with Gasteiger partial charge in [0.25, 0.3) is 0 Å². The third-order valence-corrected chi connectivity index (χ3v) is 5.85. The molecule has 1 saturated heterocycles. The van der Waals surface area contributed by atoms with Crippen molar-refractivity contribution in [2.24, 2.45) is 4.99 Å². The lowest BCUT2D eigenvalue weighted by molar-refractivity contribution is 0.0377. The molecular weight excluding hydrogens is 352 g/mol. The number of morpholine rings is 1. The van der Waals surface area contributed by atoms with Crippen LogP contribution < -0.4 is 10.6 Å². The van der Waals surface area contributed by atoms with E-state index in [-0.39, 0.29) is 5.75 Å². The molecule has 0 saturated carbocycles. The van der Waals surface area contributed by atoms with Gasteiger partial charge < -0.3 is 15.4 Å². The van der Waals surface area contributed by atoms with Crippen LogP contribution in [-0.2, 0) is 14.6 Å². The fraction of sp³-hybridized carbons (Fsp3) is 0.611. The van der Waals surface area contributed by atoms with Crippen LogP contribution >= 0.6 is 0 Å². The maximum atomic E-state index is 12.3. The molecular formula is C18H30N4O3S. The largest absolute Gasteiger partial charge is 0.379 e. The van der Waals surface area contributed by atoms with E-state index in [0.29, 0.717) is 23.9 Å². The SMILES string of the molecule is CCNC(=NCCCN1CCOCC1)NCCS(=O)(=O)c1ccccc1. The van der Waals surface area contributed by atoms with Gasteiger partial charge in [0, 0.05) is 39.3 Å². The maximum absolute atomic E-state index is 12.3. The first-order chi connectivity index (χ1) is 12.6. The van der Waals surface area contributed by atoms with E-state index in [1.807, 2.05) is 13.0 Å². The highest BCUT2D eigenvalue weighted by atomic mass is 32.2. The molecule has 0 atom stereocenters. The van der Waals surface area contributed by atoms with Gasteiger partial charge in [-0.15, -0.1) is 0 Å². The zero-order valence-electron chi connectivity index (χ0n) is 15.5. The zero-order valence-corrected chi connectivity index (χ0v) is 16.3. The van der Waals surface area contributed by atoms with E-state index in [9.17, 15) is 8.42 Å². The minimum absolute atomic E-state index is 0.0369. The number of aliphatic imine (C=N–C) groups is 1. The van der Waals surface area contributed by atoms with Gasteiger partial charge in [0.2, 0.25) is 0 Å². The number of ether oxygens (including phenoxy) is 1. The Bertz CT molecular complexity index is 644. The molecule has 1 heterocycles. The molecule has 2 rings (SSSR count). The molecule has 7 nitrogen and oxygen atoms in total. The molecule has 1 fully saturated rings. The molecule has 0 aliphatic carbocycles. The molecule has 0 spiro atoms. The molecule has 0 radical (unpaired) electrons. The molecule has 0 unspecified atom stereocenters. The summed E-state index contributed by atoms with van der Waals surface area (Å²) in [6.45, 7) is 8.36. The van der Waals surface area contributed by atoms with Gasteiger partial charge in [-0.2, -0.15) is 0 Å². The van der Waals surface area contributed by atoms with Gasteiger partial charge in [-0.3, -0.25) is 9.89 Å². The average molecular weight is 383 g/mol. The summed E-state index contributed by atoms with van der Waals surface area (Å²) in [5.74, 6) is 0.701. The second kappa shape index (κ2) is 11.2. The number of guanidine groups is 1. The van der Waals surface area contributed by atoms with Crippen LogP contribution in [-0.4, -0.2) is 77.5 Å². The van der Waals surface area contributed by atoms with Gasteiger partial charge >= 0.3 is 0 Å². The lowest BCUT2D eigenvalue weighted by Gasteiger charge is -2.26. The van der Waals surface area contributed by atoms with Crippen molar-refractivity contribution in [3.63, 3.8) is 0 Å². The molecule has 26 heavy (non-hydrogen) atoms. The van der Waals surface area contributed by atoms with Gasteiger partial charge in [0.1, 0.15) is 0 Å². The molecule has 0 bridgehead atoms. The van der Waals surface area contributed by atoms with Crippen LogP contribution in [0.25, 0.3) is 0 Å². The van der Waals surface area contributed by atoms with Crippen LogP contribution in [0.5, 0.6) is 0 Å². The topological polar surface area (TPSA) is 83.0 Å². The molecule has 1 aliphatic heterocycles. The van der Waals surface area contributed by atoms with E-state index in [1.54, 1.807) is 24.3 Å². The minimum Gasteiger partial charge on any atom is -0.379 e. The van der Waals surface area contributed by atoms with Crippen LogP contribution in [0.2, 0.25) is 0 Å². The van der Waals surface area contributed by atoms with E-state index in [4.69, 9.17) is 4.74 Å². The summed E-state index contributed by atoms with van der Waals surface area (Å²) in [6.07, 6.45) is 0.971. The number of hydrogen-bond acceptors (Lipinski definition) is 5. The average Bonchev–Trinajstić information content (AvgIpc) is 2.66. The number of nitrogens with one attached hydrogen (secondary N) is 2. The number of hydrogen-bond donors (Lipinski definition) is 2.